The number of rotatable bonds is 3. The lowest BCUT2D eigenvalue weighted by molar-refractivity contribution is 0.0281. The van der Waals surface area contributed by atoms with Gasteiger partial charge in [0.2, 0.25) is 0 Å². The van der Waals surface area contributed by atoms with E-state index in [1.165, 1.54) is 0 Å². The maximum absolute atomic E-state index is 11.4. The van der Waals surface area contributed by atoms with Crippen LogP contribution in [0.3, 0.4) is 0 Å². The van der Waals surface area contributed by atoms with E-state index in [2.05, 4.69) is 15.0 Å². The van der Waals surface area contributed by atoms with Gasteiger partial charge in [-0.2, -0.15) is 0 Å². The number of hydrogen-bond acceptors (Lipinski definition) is 3. The Morgan fingerprint density at radius 3 is 2.54 bits per heavy atom. The third-order valence-corrected chi connectivity index (χ3v) is 4.85. The van der Waals surface area contributed by atoms with Crippen molar-refractivity contribution in [3.05, 3.63) is 60.3 Å². The van der Waals surface area contributed by atoms with E-state index in [9.17, 15) is 10.2 Å². The molecule has 1 atom stereocenters. The Labute approximate surface area is 139 Å². The first kappa shape index (κ1) is 14.8. The highest BCUT2D eigenvalue weighted by atomic mass is 16.3. The molecule has 0 saturated heterocycles. The number of aromatic hydroxyl groups is 1. The van der Waals surface area contributed by atoms with E-state index in [1.54, 1.807) is 18.7 Å². The van der Waals surface area contributed by atoms with Gasteiger partial charge in [-0.05, 0) is 34.4 Å². The molecular weight excluding hydrogens is 302 g/mol. The Balaban J connectivity index is 1.95. The molecule has 4 aromatic rings. The zero-order chi connectivity index (χ0) is 16.9. The van der Waals surface area contributed by atoms with Crippen molar-refractivity contribution in [2.45, 2.75) is 19.4 Å². The van der Waals surface area contributed by atoms with Gasteiger partial charge < -0.3 is 20.2 Å². The summed E-state index contributed by atoms with van der Waals surface area (Å²) in [7, 11) is 0. The van der Waals surface area contributed by atoms with Crippen LogP contribution in [0.15, 0.2) is 49.1 Å². The third kappa shape index (κ3) is 1.95. The molecule has 0 radical (unpaired) electrons. The largest absolute Gasteiger partial charge is 0.494 e. The predicted molar refractivity (Wildman–Crippen MR) is 93.9 cm³/mol. The average molecular weight is 321 g/mol. The highest BCUT2D eigenvalue weighted by molar-refractivity contribution is 6.09. The minimum atomic E-state index is -1.14. The van der Waals surface area contributed by atoms with Crippen LogP contribution in [0.5, 0.6) is 5.88 Å². The molecule has 0 aliphatic heterocycles. The van der Waals surface area contributed by atoms with Crippen LogP contribution in [-0.2, 0) is 5.60 Å². The first-order valence-corrected chi connectivity index (χ1v) is 7.96. The second-order valence-corrected chi connectivity index (χ2v) is 6.49. The summed E-state index contributed by atoms with van der Waals surface area (Å²) < 4.78 is 0. The smallest absolute Gasteiger partial charge is 0.196 e. The number of aliphatic hydroxyl groups is 1. The Hall–Kier alpha value is -2.79. The van der Waals surface area contributed by atoms with E-state index < -0.39 is 5.60 Å². The van der Waals surface area contributed by atoms with Crippen molar-refractivity contribution in [3.63, 3.8) is 0 Å². The van der Waals surface area contributed by atoms with E-state index in [1.807, 2.05) is 44.2 Å². The fourth-order valence-electron chi connectivity index (χ4n) is 3.44. The number of aromatic amines is 2. The summed E-state index contributed by atoms with van der Waals surface area (Å²) in [6, 6.07) is 9.77. The molecule has 0 aliphatic carbocycles. The Bertz CT molecular complexity index is 1020. The molecule has 2 aromatic heterocycles. The van der Waals surface area contributed by atoms with Crippen LogP contribution < -0.4 is 0 Å². The molecule has 0 fully saturated rings. The van der Waals surface area contributed by atoms with Gasteiger partial charge in [0.05, 0.1) is 18.2 Å². The Morgan fingerprint density at radius 2 is 1.83 bits per heavy atom. The molecule has 2 aromatic carbocycles. The van der Waals surface area contributed by atoms with Crippen LogP contribution in [0.25, 0.3) is 21.5 Å². The summed E-state index contributed by atoms with van der Waals surface area (Å²) >= 11 is 0. The minimum Gasteiger partial charge on any atom is -0.494 e. The second-order valence-electron chi connectivity index (χ2n) is 6.49. The van der Waals surface area contributed by atoms with Crippen molar-refractivity contribution in [1.82, 2.24) is 15.0 Å². The molecule has 0 saturated carbocycles. The summed E-state index contributed by atoms with van der Waals surface area (Å²) in [5.41, 5.74) is 0.352. The van der Waals surface area contributed by atoms with Gasteiger partial charge >= 0.3 is 0 Å². The van der Waals surface area contributed by atoms with Crippen molar-refractivity contribution in [2.24, 2.45) is 5.92 Å². The number of aromatic nitrogens is 3. The monoisotopic (exact) mass is 321 g/mol. The molecule has 5 nitrogen and oxygen atoms in total. The third-order valence-electron chi connectivity index (χ3n) is 4.85. The maximum Gasteiger partial charge on any atom is 0.196 e. The van der Waals surface area contributed by atoms with E-state index in [-0.39, 0.29) is 11.8 Å². The first-order chi connectivity index (χ1) is 11.5. The molecule has 4 rings (SSSR count). The number of H-pyrrole nitrogens is 2. The lowest BCUT2D eigenvalue weighted by atomic mass is 9.80. The summed E-state index contributed by atoms with van der Waals surface area (Å²) in [6.07, 6.45) is 5.05. The fraction of sp³-hybridized carbons (Fsp3) is 0.211. The number of benzene rings is 2. The second kappa shape index (κ2) is 5.11. The summed E-state index contributed by atoms with van der Waals surface area (Å²) in [5, 5.41) is 25.0. The molecule has 0 amide bonds. The van der Waals surface area contributed by atoms with Gasteiger partial charge in [0.1, 0.15) is 5.60 Å². The molecule has 1 unspecified atom stereocenters. The van der Waals surface area contributed by atoms with E-state index in [0.717, 1.165) is 27.1 Å². The van der Waals surface area contributed by atoms with Gasteiger partial charge in [-0.1, -0.05) is 32.0 Å². The van der Waals surface area contributed by atoms with Gasteiger partial charge in [0.15, 0.2) is 5.88 Å². The minimum absolute atomic E-state index is 0.0320. The predicted octanol–water partition coefficient (Wildman–Crippen LogP) is 3.64. The summed E-state index contributed by atoms with van der Waals surface area (Å²) in [6.45, 7) is 3.97. The van der Waals surface area contributed by atoms with Crippen LogP contribution in [0, 0.1) is 5.92 Å². The molecule has 4 N–H and O–H groups in total. The number of nitrogens with zero attached hydrogens (tertiary/aromatic N) is 1. The fourth-order valence-corrected chi connectivity index (χ4v) is 3.44. The van der Waals surface area contributed by atoms with Crippen LogP contribution in [-0.4, -0.2) is 25.2 Å². The lowest BCUT2D eigenvalue weighted by Gasteiger charge is -2.32. The van der Waals surface area contributed by atoms with Crippen LogP contribution in [0.2, 0.25) is 0 Å². The molecule has 24 heavy (non-hydrogen) atoms. The van der Waals surface area contributed by atoms with E-state index in [0.29, 0.717) is 5.69 Å². The van der Waals surface area contributed by atoms with Crippen LogP contribution in [0.1, 0.15) is 25.1 Å². The molecule has 0 aliphatic rings. The molecular formula is C19H19N3O2. The summed E-state index contributed by atoms with van der Waals surface area (Å²) in [4.78, 5) is 9.94. The van der Waals surface area contributed by atoms with Crippen molar-refractivity contribution >= 4 is 21.5 Å². The van der Waals surface area contributed by atoms with Gasteiger partial charge in [-0.15, -0.1) is 0 Å². The van der Waals surface area contributed by atoms with Crippen molar-refractivity contribution in [2.75, 3.05) is 0 Å². The maximum atomic E-state index is 11.4. The van der Waals surface area contributed by atoms with Gasteiger partial charge in [-0.3, -0.25) is 0 Å². The Morgan fingerprint density at radius 1 is 1.04 bits per heavy atom. The molecule has 122 valence electrons. The number of fused-ring (bicyclic) bond motifs is 3. The highest BCUT2D eigenvalue weighted by Gasteiger charge is 2.36. The van der Waals surface area contributed by atoms with E-state index >= 15 is 0 Å². The standard InChI is InChI=1S/C19H19N3O2/c1-11(2)19(24,17-9-20-10-22-17)13-4-6-14-12(7-13)3-5-15-16(14)8-21-18(15)23/h3-11,21,23-24H,1-2H3,(H,20,22). The number of nitrogens with one attached hydrogen (secondary N) is 2. The van der Waals surface area contributed by atoms with E-state index in [4.69, 9.17) is 0 Å². The number of hydrogen-bond donors (Lipinski definition) is 4. The quantitative estimate of drug-likeness (QED) is 0.465. The normalized spacial score (nSPS) is 14.5. The molecule has 0 bridgehead atoms. The topological polar surface area (TPSA) is 84.9 Å². The number of imidazole rings is 1. The zero-order valence-corrected chi connectivity index (χ0v) is 13.5. The SMILES string of the molecule is CC(C)C(O)(c1ccc2c(ccc3c(O)[nH]cc32)c1)c1cnc[nH]1. The first-order valence-electron chi connectivity index (χ1n) is 7.96. The molecule has 5 heteroatoms. The van der Waals surface area contributed by atoms with Gasteiger partial charge in [-0.25, -0.2) is 4.98 Å². The van der Waals surface area contributed by atoms with Crippen LogP contribution in [0.4, 0.5) is 0 Å². The molecule has 0 spiro atoms. The van der Waals surface area contributed by atoms with Crippen molar-refractivity contribution in [3.8, 4) is 5.88 Å². The van der Waals surface area contributed by atoms with Crippen LogP contribution >= 0.6 is 0 Å². The highest BCUT2D eigenvalue weighted by Crippen LogP contribution is 2.38. The summed E-state index contributed by atoms with van der Waals surface area (Å²) in [5.74, 6) is 0.141. The average Bonchev–Trinajstić information content (AvgIpc) is 3.24. The van der Waals surface area contributed by atoms with Crippen molar-refractivity contribution in [1.29, 1.82) is 0 Å². The molecule has 2 heterocycles. The van der Waals surface area contributed by atoms with Gasteiger partial charge in [0.25, 0.3) is 0 Å². The van der Waals surface area contributed by atoms with Crippen molar-refractivity contribution < 1.29 is 10.2 Å². The zero-order valence-electron chi connectivity index (χ0n) is 13.5. The Kier molecular flexibility index (Phi) is 3.15. The van der Waals surface area contributed by atoms with Gasteiger partial charge in [0, 0.05) is 17.0 Å². The lowest BCUT2D eigenvalue weighted by Crippen LogP contribution is -2.33.